The largest absolute Gasteiger partial charge is 0.465 e. The van der Waals surface area contributed by atoms with Gasteiger partial charge in [0.2, 0.25) is 11.8 Å². The maximum atomic E-state index is 13.5. The summed E-state index contributed by atoms with van der Waals surface area (Å²) in [4.78, 5) is 57.0. The van der Waals surface area contributed by atoms with Crippen LogP contribution in [0.2, 0.25) is 0 Å². The first-order chi connectivity index (χ1) is 15.4. The number of amides is 3. The molecule has 2 fully saturated rings. The van der Waals surface area contributed by atoms with E-state index >= 15 is 0 Å². The molecule has 4 aliphatic rings. The van der Waals surface area contributed by atoms with Gasteiger partial charge < -0.3 is 24.2 Å². The lowest BCUT2D eigenvalue weighted by atomic mass is 9.65. The number of allylic oxidation sites excluding steroid dienone is 1. The minimum Gasteiger partial charge on any atom is -0.465 e. The van der Waals surface area contributed by atoms with Crippen LogP contribution in [0.25, 0.3) is 0 Å². The quantitative estimate of drug-likeness (QED) is 0.598. The van der Waals surface area contributed by atoms with Gasteiger partial charge in [0, 0.05) is 44.8 Å². The van der Waals surface area contributed by atoms with E-state index in [1.54, 1.807) is 28.5 Å². The highest BCUT2D eigenvalue weighted by atomic mass is 16.6. The standard InChI is InChI=1S/C23H33N3O6/c1-3-31-21(29)23-9-5-7-16-8-6-10-26(19(16)23)20(28)17(23)15-18(27)24-11-13-25(14-12-24)22(30)32-4-2/h17H,3-15H2,1-2H3/t17-,23-/m1/s1. The van der Waals surface area contributed by atoms with Crippen LogP contribution in [-0.4, -0.2) is 84.5 Å². The maximum absolute atomic E-state index is 13.5. The van der Waals surface area contributed by atoms with Crippen LogP contribution in [0.15, 0.2) is 11.3 Å². The van der Waals surface area contributed by atoms with E-state index in [-0.39, 0.29) is 36.9 Å². The average molecular weight is 448 g/mol. The Morgan fingerprint density at radius 1 is 0.938 bits per heavy atom. The number of ether oxygens (including phenoxy) is 2. The van der Waals surface area contributed by atoms with Crippen molar-refractivity contribution in [1.29, 1.82) is 0 Å². The fourth-order valence-corrected chi connectivity index (χ4v) is 5.85. The molecule has 9 heteroatoms. The van der Waals surface area contributed by atoms with Gasteiger partial charge in [0.25, 0.3) is 0 Å². The normalized spacial score (nSPS) is 27.4. The van der Waals surface area contributed by atoms with E-state index in [0.29, 0.717) is 45.8 Å². The molecule has 3 heterocycles. The Morgan fingerprint density at radius 2 is 1.59 bits per heavy atom. The monoisotopic (exact) mass is 447 g/mol. The van der Waals surface area contributed by atoms with Crippen LogP contribution in [0.5, 0.6) is 0 Å². The van der Waals surface area contributed by atoms with Gasteiger partial charge in [-0.2, -0.15) is 0 Å². The zero-order valence-electron chi connectivity index (χ0n) is 19.1. The van der Waals surface area contributed by atoms with Gasteiger partial charge in [0.1, 0.15) is 5.41 Å². The summed E-state index contributed by atoms with van der Waals surface area (Å²) >= 11 is 0. The summed E-state index contributed by atoms with van der Waals surface area (Å²) in [5, 5.41) is 0. The van der Waals surface area contributed by atoms with E-state index in [4.69, 9.17) is 9.47 Å². The number of nitrogens with zero attached hydrogens (tertiary/aromatic N) is 3. The molecule has 2 saturated heterocycles. The number of piperazine rings is 1. The number of carbonyl (C=O) groups is 4. The van der Waals surface area contributed by atoms with E-state index in [9.17, 15) is 19.2 Å². The molecule has 0 spiro atoms. The molecule has 0 aromatic carbocycles. The van der Waals surface area contributed by atoms with Crippen molar-refractivity contribution in [1.82, 2.24) is 14.7 Å². The molecule has 0 aromatic rings. The Morgan fingerprint density at radius 3 is 2.28 bits per heavy atom. The molecule has 0 radical (unpaired) electrons. The molecule has 2 atom stereocenters. The minimum absolute atomic E-state index is 0.00959. The van der Waals surface area contributed by atoms with Crippen molar-refractivity contribution >= 4 is 23.9 Å². The predicted molar refractivity (Wildman–Crippen MR) is 114 cm³/mol. The number of carbonyl (C=O) groups excluding carboxylic acids is 4. The zero-order valence-corrected chi connectivity index (χ0v) is 19.1. The van der Waals surface area contributed by atoms with Gasteiger partial charge in [-0.25, -0.2) is 4.79 Å². The van der Waals surface area contributed by atoms with Crippen LogP contribution < -0.4 is 0 Å². The Bertz CT molecular complexity index is 828. The Kier molecular flexibility index (Phi) is 6.44. The third-order valence-corrected chi connectivity index (χ3v) is 7.27. The molecule has 9 nitrogen and oxygen atoms in total. The molecular weight excluding hydrogens is 414 g/mol. The lowest BCUT2D eigenvalue weighted by Crippen LogP contribution is -2.52. The smallest absolute Gasteiger partial charge is 0.409 e. The van der Waals surface area contributed by atoms with E-state index in [1.807, 2.05) is 0 Å². The Hall–Kier alpha value is -2.58. The molecule has 0 N–H and O–H groups in total. The zero-order chi connectivity index (χ0) is 22.9. The molecule has 1 aliphatic carbocycles. The van der Waals surface area contributed by atoms with Crippen LogP contribution in [-0.2, 0) is 23.9 Å². The molecule has 0 bridgehead atoms. The van der Waals surface area contributed by atoms with Crippen molar-refractivity contribution in [2.75, 3.05) is 45.9 Å². The summed E-state index contributed by atoms with van der Waals surface area (Å²) in [6, 6.07) is 0. The van der Waals surface area contributed by atoms with Gasteiger partial charge in [-0.15, -0.1) is 0 Å². The van der Waals surface area contributed by atoms with Crippen LogP contribution in [0, 0.1) is 11.3 Å². The van der Waals surface area contributed by atoms with Gasteiger partial charge in [-0.05, 0) is 51.5 Å². The van der Waals surface area contributed by atoms with E-state index in [2.05, 4.69) is 0 Å². The van der Waals surface area contributed by atoms with Crippen molar-refractivity contribution in [3.05, 3.63) is 11.3 Å². The van der Waals surface area contributed by atoms with Gasteiger partial charge in [0.15, 0.2) is 0 Å². The molecule has 176 valence electrons. The SMILES string of the molecule is CCOC(=O)N1CCN(C(=O)C[C@@H]2C(=O)N3CCCC4=C3[C@@]2(C(=O)OCC)CCC4)CC1. The van der Waals surface area contributed by atoms with Crippen LogP contribution in [0.4, 0.5) is 4.79 Å². The van der Waals surface area contributed by atoms with Crippen LogP contribution >= 0.6 is 0 Å². The fraction of sp³-hybridized carbons (Fsp3) is 0.739. The third-order valence-electron chi connectivity index (χ3n) is 7.27. The summed E-state index contributed by atoms with van der Waals surface area (Å²) in [6.07, 6.45) is 3.67. The molecule has 0 saturated carbocycles. The lowest BCUT2D eigenvalue weighted by molar-refractivity contribution is -0.158. The van der Waals surface area contributed by atoms with Crippen molar-refractivity contribution < 1.29 is 28.7 Å². The van der Waals surface area contributed by atoms with Gasteiger partial charge >= 0.3 is 12.1 Å². The fourth-order valence-electron chi connectivity index (χ4n) is 5.85. The molecular formula is C23H33N3O6. The first-order valence-corrected chi connectivity index (χ1v) is 11.8. The van der Waals surface area contributed by atoms with Crippen molar-refractivity contribution in [3.63, 3.8) is 0 Å². The number of esters is 1. The first-order valence-electron chi connectivity index (χ1n) is 11.8. The number of hydrogen-bond donors (Lipinski definition) is 0. The predicted octanol–water partition coefficient (Wildman–Crippen LogP) is 1.92. The highest BCUT2D eigenvalue weighted by Crippen LogP contribution is 2.57. The van der Waals surface area contributed by atoms with E-state index < -0.39 is 11.3 Å². The van der Waals surface area contributed by atoms with Crippen LogP contribution in [0.3, 0.4) is 0 Å². The minimum atomic E-state index is -1.04. The maximum Gasteiger partial charge on any atom is 0.409 e. The first kappa shape index (κ1) is 22.6. The highest BCUT2D eigenvalue weighted by molar-refractivity contribution is 5.99. The summed E-state index contributed by atoms with van der Waals surface area (Å²) in [7, 11) is 0. The molecule has 3 amide bonds. The Labute approximate surface area is 188 Å². The molecule has 3 aliphatic heterocycles. The second-order valence-corrected chi connectivity index (χ2v) is 8.91. The van der Waals surface area contributed by atoms with Crippen molar-refractivity contribution in [2.45, 2.75) is 52.4 Å². The lowest BCUT2D eigenvalue weighted by Gasteiger charge is -2.40. The van der Waals surface area contributed by atoms with Crippen molar-refractivity contribution in [3.8, 4) is 0 Å². The second-order valence-electron chi connectivity index (χ2n) is 8.91. The number of hydrogen-bond acceptors (Lipinski definition) is 6. The second kappa shape index (κ2) is 9.11. The average Bonchev–Trinajstić information content (AvgIpc) is 3.05. The number of rotatable bonds is 5. The summed E-state index contributed by atoms with van der Waals surface area (Å²) in [5.74, 6) is -1.36. The third kappa shape index (κ3) is 3.65. The topological polar surface area (TPSA) is 96.5 Å². The summed E-state index contributed by atoms with van der Waals surface area (Å²) < 4.78 is 10.5. The summed E-state index contributed by atoms with van der Waals surface area (Å²) in [5.41, 5.74) is 0.981. The van der Waals surface area contributed by atoms with Crippen LogP contribution in [0.1, 0.15) is 52.4 Å². The molecule has 0 aromatic heterocycles. The van der Waals surface area contributed by atoms with Gasteiger partial charge in [0.05, 0.1) is 19.1 Å². The summed E-state index contributed by atoms with van der Waals surface area (Å²) in [6.45, 7) is 6.26. The van der Waals surface area contributed by atoms with E-state index in [0.717, 1.165) is 31.4 Å². The van der Waals surface area contributed by atoms with Gasteiger partial charge in [-0.3, -0.25) is 14.4 Å². The molecule has 32 heavy (non-hydrogen) atoms. The van der Waals surface area contributed by atoms with Gasteiger partial charge in [-0.1, -0.05) is 0 Å². The highest BCUT2D eigenvalue weighted by Gasteiger charge is 2.63. The van der Waals surface area contributed by atoms with Crippen molar-refractivity contribution in [2.24, 2.45) is 11.3 Å². The Balaban J connectivity index is 1.54. The van der Waals surface area contributed by atoms with E-state index in [1.165, 1.54) is 5.57 Å². The molecule has 4 rings (SSSR count). The molecule has 0 unspecified atom stereocenters.